The zero-order valence-electron chi connectivity index (χ0n) is 12.3. The molecule has 1 atom stereocenters. The number of hydrogen-bond acceptors (Lipinski definition) is 4. The molecule has 1 unspecified atom stereocenters. The minimum atomic E-state index is 0.311. The third kappa shape index (κ3) is 3.74. The predicted molar refractivity (Wildman–Crippen MR) is 82.4 cm³/mol. The molecule has 1 saturated heterocycles. The molecule has 19 heavy (non-hydrogen) atoms. The van der Waals surface area contributed by atoms with Crippen LogP contribution in [-0.2, 0) is 6.54 Å². The highest BCUT2D eigenvalue weighted by molar-refractivity contribution is 8.00. The molecule has 2 rings (SSSR count). The summed E-state index contributed by atoms with van der Waals surface area (Å²) >= 11 is 2.06. The molecule has 1 aliphatic rings. The Morgan fingerprint density at radius 2 is 2.32 bits per heavy atom. The van der Waals surface area contributed by atoms with Crippen LogP contribution in [-0.4, -0.2) is 44.8 Å². The second kappa shape index (κ2) is 6.29. The number of aromatic nitrogens is 2. The SMILES string of the molecule is CCCn1cc(C(CN)N2CCSC(C)(C)C2)cn1. The van der Waals surface area contributed by atoms with Crippen LogP contribution in [0.25, 0.3) is 0 Å². The van der Waals surface area contributed by atoms with Crippen LogP contribution in [0.2, 0.25) is 0 Å². The van der Waals surface area contributed by atoms with Crippen molar-refractivity contribution in [3.8, 4) is 0 Å². The number of rotatable bonds is 5. The van der Waals surface area contributed by atoms with Gasteiger partial charge in [0.2, 0.25) is 0 Å². The highest BCUT2D eigenvalue weighted by Gasteiger charge is 2.31. The molecule has 0 amide bonds. The van der Waals surface area contributed by atoms with Crippen LogP contribution in [0, 0.1) is 0 Å². The van der Waals surface area contributed by atoms with Crippen molar-refractivity contribution in [2.75, 3.05) is 25.4 Å². The Balaban J connectivity index is 2.09. The van der Waals surface area contributed by atoms with Crippen LogP contribution in [0.5, 0.6) is 0 Å². The summed E-state index contributed by atoms with van der Waals surface area (Å²) in [5.41, 5.74) is 7.28. The van der Waals surface area contributed by atoms with Crippen LogP contribution in [0.4, 0.5) is 0 Å². The van der Waals surface area contributed by atoms with Gasteiger partial charge in [-0.05, 0) is 20.3 Å². The second-order valence-corrected chi connectivity index (χ2v) is 7.67. The molecule has 0 aliphatic carbocycles. The van der Waals surface area contributed by atoms with Crippen molar-refractivity contribution in [1.82, 2.24) is 14.7 Å². The Kier molecular flexibility index (Phi) is 4.92. The number of nitrogens with zero attached hydrogens (tertiary/aromatic N) is 3. The first-order valence-electron chi connectivity index (χ1n) is 7.16. The molecule has 0 saturated carbocycles. The van der Waals surface area contributed by atoms with E-state index in [4.69, 9.17) is 5.73 Å². The third-order valence-electron chi connectivity index (χ3n) is 3.61. The first-order chi connectivity index (χ1) is 9.05. The maximum absolute atomic E-state index is 6.02. The highest BCUT2D eigenvalue weighted by Crippen LogP contribution is 2.33. The van der Waals surface area contributed by atoms with E-state index in [-0.39, 0.29) is 0 Å². The van der Waals surface area contributed by atoms with Crippen LogP contribution in [0.15, 0.2) is 12.4 Å². The van der Waals surface area contributed by atoms with E-state index in [0.29, 0.717) is 17.3 Å². The quantitative estimate of drug-likeness (QED) is 0.898. The van der Waals surface area contributed by atoms with Crippen molar-refractivity contribution in [1.29, 1.82) is 0 Å². The standard InChI is InChI=1S/C14H26N4S/c1-4-5-18-10-12(9-16-18)13(8-15)17-6-7-19-14(2,3)11-17/h9-10,13H,4-8,11,15H2,1-3H3. The Bertz CT molecular complexity index is 402. The molecule has 108 valence electrons. The average Bonchev–Trinajstić information content (AvgIpc) is 2.78. The summed E-state index contributed by atoms with van der Waals surface area (Å²) in [4.78, 5) is 2.52. The molecule has 2 N–H and O–H groups in total. The van der Waals surface area contributed by atoms with E-state index >= 15 is 0 Å². The molecule has 0 radical (unpaired) electrons. The first-order valence-corrected chi connectivity index (χ1v) is 8.14. The maximum atomic E-state index is 6.02. The van der Waals surface area contributed by atoms with Gasteiger partial charge in [-0.1, -0.05) is 6.92 Å². The summed E-state index contributed by atoms with van der Waals surface area (Å²) in [7, 11) is 0. The van der Waals surface area contributed by atoms with Crippen molar-refractivity contribution in [2.24, 2.45) is 5.73 Å². The van der Waals surface area contributed by atoms with Gasteiger partial charge in [0.15, 0.2) is 0 Å². The van der Waals surface area contributed by atoms with Crippen LogP contribution in [0.3, 0.4) is 0 Å². The third-order valence-corrected chi connectivity index (χ3v) is 4.91. The zero-order valence-corrected chi connectivity index (χ0v) is 13.1. The Hall–Kier alpha value is -0.520. The maximum Gasteiger partial charge on any atom is 0.0538 e. The number of thioether (sulfide) groups is 1. The molecule has 1 aromatic rings. The summed E-state index contributed by atoms with van der Waals surface area (Å²) in [6.45, 7) is 10.7. The molecule has 0 aromatic carbocycles. The molecule has 1 aliphatic heterocycles. The Morgan fingerprint density at radius 1 is 1.53 bits per heavy atom. The molecule has 1 fully saturated rings. The topological polar surface area (TPSA) is 47.1 Å². The Labute approximate surface area is 120 Å². The molecule has 5 heteroatoms. The van der Waals surface area contributed by atoms with Crippen molar-refractivity contribution in [3.05, 3.63) is 18.0 Å². The minimum absolute atomic E-state index is 0.311. The van der Waals surface area contributed by atoms with Crippen molar-refractivity contribution >= 4 is 11.8 Å². The van der Waals surface area contributed by atoms with Crippen LogP contribution < -0.4 is 5.73 Å². The normalized spacial score (nSPS) is 21.5. The van der Waals surface area contributed by atoms with Crippen molar-refractivity contribution < 1.29 is 0 Å². The average molecular weight is 282 g/mol. The smallest absolute Gasteiger partial charge is 0.0538 e. The molecule has 1 aromatic heterocycles. The highest BCUT2D eigenvalue weighted by atomic mass is 32.2. The van der Waals surface area contributed by atoms with Gasteiger partial charge in [0.05, 0.1) is 12.2 Å². The summed E-state index contributed by atoms with van der Waals surface area (Å²) in [5.74, 6) is 1.19. The summed E-state index contributed by atoms with van der Waals surface area (Å²) in [6.07, 6.45) is 5.26. The Morgan fingerprint density at radius 3 is 2.95 bits per heavy atom. The van der Waals surface area contributed by atoms with Gasteiger partial charge in [-0.15, -0.1) is 0 Å². The lowest BCUT2D eigenvalue weighted by atomic mass is 10.1. The van der Waals surface area contributed by atoms with Gasteiger partial charge in [-0.2, -0.15) is 16.9 Å². The largest absolute Gasteiger partial charge is 0.329 e. The second-order valence-electron chi connectivity index (χ2n) is 5.87. The van der Waals surface area contributed by atoms with Gasteiger partial charge < -0.3 is 5.73 Å². The first kappa shape index (κ1) is 14.9. The lowest BCUT2D eigenvalue weighted by Crippen LogP contribution is -2.46. The van der Waals surface area contributed by atoms with Crippen LogP contribution >= 0.6 is 11.8 Å². The van der Waals surface area contributed by atoms with Crippen molar-refractivity contribution in [3.63, 3.8) is 0 Å². The van der Waals surface area contributed by atoms with Gasteiger partial charge in [0.1, 0.15) is 0 Å². The van der Waals surface area contributed by atoms with Gasteiger partial charge in [-0.25, -0.2) is 0 Å². The van der Waals surface area contributed by atoms with E-state index in [1.165, 1.54) is 11.3 Å². The number of hydrogen-bond donors (Lipinski definition) is 1. The summed E-state index contributed by atoms with van der Waals surface area (Å²) in [6, 6.07) is 0.311. The van der Waals surface area contributed by atoms with E-state index < -0.39 is 0 Å². The van der Waals surface area contributed by atoms with Gasteiger partial charge in [0.25, 0.3) is 0 Å². The fourth-order valence-corrected chi connectivity index (χ4v) is 3.85. The lowest BCUT2D eigenvalue weighted by molar-refractivity contribution is 0.192. The molecule has 0 spiro atoms. The molecule has 0 bridgehead atoms. The fraction of sp³-hybridized carbons (Fsp3) is 0.786. The van der Waals surface area contributed by atoms with Gasteiger partial charge in [0, 0.05) is 48.4 Å². The molecule has 4 nitrogen and oxygen atoms in total. The van der Waals surface area contributed by atoms with Gasteiger partial charge >= 0.3 is 0 Å². The fourth-order valence-electron chi connectivity index (χ4n) is 2.72. The molecular formula is C14H26N4S. The minimum Gasteiger partial charge on any atom is -0.329 e. The zero-order chi connectivity index (χ0) is 13.9. The number of aryl methyl sites for hydroxylation is 1. The van der Waals surface area contributed by atoms with E-state index in [0.717, 1.165) is 26.1 Å². The summed E-state index contributed by atoms with van der Waals surface area (Å²) < 4.78 is 2.35. The molecule has 2 heterocycles. The van der Waals surface area contributed by atoms with E-state index in [1.54, 1.807) is 0 Å². The number of nitrogens with two attached hydrogens (primary N) is 1. The van der Waals surface area contributed by atoms with E-state index in [1.807, 2.05) is 10.9 Å². The van der Waals surface area contributed by atoms with E-state index in [9.17, 15) is 0 Å². The monoisotopic (exact) mass is 282 g/mol. The predicted octanol–water partition coefficient (Wildman–Crippen LogP) is 2.12. The van der Waals surface area contributed by atoms with Crippen LogP contribution in [0.1, 0.15) is 38.8 Å². The lowest BCUT2D eigenvalue weighted by Gasteiger charge is -2.41. The van der Waals surface area contributed by atoms with E-state index in [2.05, 4.69) is 48.7 Å². The summed E-state index contributed by atoms with van der Waals surface area (Å²) in [5, 5.41) is 4.44. The van der Waals surface area contributed by atoms with Gasteiger partial charge in [-0.3, -0.25) is 9.58 Å². The van der Waals surface area contributed by atoms with Crippen molar-refractivity contribution in [2.45, 2.75) is 44.5 Å². The molecular weight excluding hydrogens is 256 g/mol.